The summed E-state index contributed by atoms with van der Waals surface area (Å²) in [6.45, 7) is 7.37. The second-order valence-corrected chi connectivity index (χ2v) is 7.85. The third kappa shape index (κ3) is 3.11. The van der Waals surface area contributed by atoms with Crippen LogP contribution >= 0.6 is 0 Å². The normalized spacial score (nSPS) is 19.5. The van der Waals surface area contributed by atoms with E-state index in [1.165, 1.54) is 33.5 Å². The Labute approximate surface area is 167 Å². The van der Waals surface area contributed by atoms with Gasteiger partial charge in [0.2, 0.25) is 0 Å². The van der Waals surface area contributed by atoms with Crippen molar-refractivity contribution in [3.8, 4) is 0 Å². The van der Waals surface area contributed by atoms with Crippen LogP contribution in [0.3, 0.4) is 0 Å². The smallest absolute Gasteiger partial charge is 0.0614 e. The average Bonchev–Trinajstić information content (AvgIpc) is 3.08. The highest BCUT2D eigenvalue weighted by Gasteiger charge is 2.29. The van der Waals surface area contributed by atoms with Crippen LogP contribution in [0, 0.1) is 6.92 Å². The van der Waals surface area contributed by atoms with Crippen molar-refractivity contribution in [2.45, 2.75) is 19.5 Å². The van der Waals surface area contributed by atoms with Gasteiger partial charge in [-0.15, -0.1) is 0 Å². The Hall–Kier alpha value is -2.62. The number of aryl methyl sites for hydroxylation is 1. The van der Waals surface area contributed by atoms with Gasteiger partial charge in [0.15, 0.2) is 0 Å². The summed E-state index contributed by atoms with van der Waals surface area (Å²) in [4.78, 5) is 2.64. The number of rotatable bonds is 3. The molecule has 2 aliphatic rings. The van der Waals surface area contributed by atoms with Crippen molar-refractivity contribution in [2.24, 2.45) is 0 Å². The summed E-state index contributed by atoms with van der Waals surface area (Å²) in [6, 6.07) is 22.6. The van der Waals surface area contributed by atoms with Crippen molar-refractivity contribution >= 4 is 11.6 Å². The van der Waals surface area contributed by atoms with E-state index in [-0.39, 0.29) is 0 Å². The Morgan fingerprint density at radius 3 is 2.43 bits per heavy atom. The minimum Gasteiger partial charge on any atom is -0.347 e. The second-order valence-electron chi connectivity index (χ2n) is 7.85. The van der Waals surface area contributed by atoms with Crippen molar-refractivity contribution in [1.82, 2.24) is 14.8 Å². The second kappa shape index (κ2) is 7.42. The zero-order valence-corrected chi connectivity index (χ0v) is 16.4. The summed E-state index contributed by atoms with van der Waals surface area (Å²) in [6.07, 6.45) is 4.60. The number of piperazine rings is 1. The van der Waals surface area contributed by atoms with Crippen LogP contribution in [0.15, 0.2) is 66.9 Å². The Morgan fingerprint density at radius 2 is 1.64 bits per heavy atom. The lowest BCUT2D eigenvalue weighted by atomic mass is 9.91. The summed E-state index contributed by atoms with van der Waals surface area (Å²) in [5, 5.41) is 3.50. The van der Waals surface area contributed by atoms with Crippen LogP contribution in [0.1, 0.15) is 34.0 Å². The van der Waals surface area contributed by atoms with E-state index in [9.17, 15) is 0 Å². The van der Waals surface area contributed by atoms with Crippen molar-refractivity contribution in [3.63, 3.8) is 0 Å². The molecule has 3 heteroatoms. The molecule has 0 radical (unpaired) electrons. The van der Waals surface area contributed by atoms with Crippen LogP contribution in [-0.4, -0.2) is 35.6 Å². The molecule has 1 N–H and O–H groups in total. The van der Waals surface area contributed by atoms with Gasteiger partial charge in [-0.3, -0.25) is 4.90 Å². The van der Waals surface area contributed by atoms with Crippen LogP contribution in [-0.2, 0) is 6.54 Å². The molecule has 1 saturated heterocycles. The topological polar surface area (TPSA) is 20.2 Å². The van der Waals surface area contributed by atoms with Crippen LogP contribution < -0.4 is 5.32 Å². The van der Waals surface area contributed by atoms with Gasteiger partial charge in [0, 0.05) is 44.6 Å². The molecule has 28 heavy (non-hydrogen) atoms. The minimum atomic E-state index is 0.314. The minimum absolute atomic E-state index is 0.314. The molecule has 1 aliphatic carbocycles. The molecule has 2 heterocycles. The molecule has 1 atom stereocenters. The number of aromatic nitrogens is 1. The van der Waals surface area contributed by atoms with Gasteiger partial charge in [0.05, 0.1) is 6.04 Å². The Bertz CT molecular complexity index is 1010. The first kappa shape index (κ1) is 17.5. The van der Waals surface area contributed by atoms with E-state index >= 15 is 0 Å². The fourth-order valence-corrected chi connectivity index (χ4v) is 4.68. The molecule has 3 nitrogen and oxygen atoms in total. The fraction of sp³-hybridized carbons (Fsp3) is 0.280. The molecule has 0 bridgehead atoms. The van der Waals surface area contributed by atoms with Crippen molar-refractivity contribution in [1.29, 1.82) is 0 Å². The Morgan fingerprint density at radius 1 is 0.893 bits per heavy atom. The zero-order valence-electron chi connectivity index (χ0n) is 16.4. The van der Waals surface area contributed by atoms with Crippen LogP contribution in [0.25, 0.3) is 11.6 Å². The van der Waals surface area contributed by atoms with Gasteiger partial charge in [-0.05, 0) is 53.0 Å². The summed E-state index contributed by atoms with van der Waals surface area (Å²) >= 11 is 0. The monoisotopic (exact) mass is 369 g/mol. The lowest BCUT2D eigenvalue weighted by Gasteiger charge is -2.36. The van der Waals surface area contributed by atoms with Gasteiger partial charge in [0.1, 0.15) is 0 Å². The van der Waals surface area contributed by atoms with Crippen LogP contribution in [0.2, 0.25) is 0 Å². The number of fused-ring (bicyclic) bond motifs is 2. The number of allylic oxidation sites excluding steroid dienone is 1. The summed E-state index contributed by atoms with van der Waals surface area (Å²) in [5.41, 5.74) is 8.29. The lowest BCUT2D eigenvalue weighted by Crippen LogP contribution is -2.45. The first-order valence-electron chi connectivity index (χ1n) is 10.3. The first-order chi connectivity index (χ1) is 13.8. The quantitative estimate of drug-likeness (QED) is 0.741. The average molecular weight is 370 g/mol. The van der Waals surface area contributed by atoms with E-state index in [2.05, 4.69) is 94.6 Å². The van der Waals surface area contributed by atoms with E-state index in [1.807, 2.05) is 0 Å². The number of hydrogen-bond donors (Lipinski definition) is 1. The third-order valence-corrected chi connectivity index (χ3v) is 6.14. The van der Waals surface area contributed by atoms with Crippen molar-refractivity contribution in [3.05, 3.63) is 94.8 Å². The SMILES string of the molecule is Cc1cccn1CC1=Cc2ccccc2C(N2CCNCC2)c2ccccc21. The molecule has 1 unspecified atom stereocenters. The maximum Gasteiger partial charge on any atom is 0.0614 e. The maximum atomic E-state index is 3.50. The molecular formula is C25H27N3. The molecule has 0 amide bonds. The van der Waals surface area contributed by atoms with Crippen LogP contribution in [0.5, 0.6) is 0 Å². The Kier molecular flexibility index (Phi) is 4.63. The highest BCUT2D eigenvalue weighted by molar-refractivity contribution is 5.86. The van der Waals surface area contributed by atoms with E-state index < -0.39 is 0 Å². The zero-order chi connectivity index (χ0) is 18.9. The van der Waals surface area contributed by atoms with E-state index in [1.54, 1.807) is 0 Å². The molecule has 142 valence electrons. The predicted octanol–water partition coefficient (Wildman–Crippen LogP) is 4.35. The third-order valence-electron chi connectivity index (χ3n) is 6.14. The highest BCUT2D eigenvalue weighted by Crippen LogP contribution is 2.40. The van der Waals surface area contributed by atoms with Gasteiger partial charge in [-0.25, -0.2) is 0 Å². The molecule has 1 fully saturated rings. The first-order valence-corrected chi connectivity index (χ1v) is 10.3. The molecule has 5 rings (SSSR count). The summed E-state index contributed by atoms with van der Waals surface area (Å²) in [7, 11) is 0. The largest absolute Gasteiger partial charge is 0.347 e. The van der Waals surface area contributed by atoms with E-state index in [4.69, 9.17) is 0 Å². The standard InChI is InChI=1S/C25H27N3/c1-19-7-6-14-28(19)18-21-17-20-8-2-3-10-23(20)25(27-15-12-26-13-16-27)24-11-5-4-9-22(21)24/h2-11,14,17,25-26H,12-13,15-16,18H2,1H3. The van der Waals surface area contributed by atoms with Gasteiger partial charge < -0.3 is 9.88 Å². The number of hydrogen-bond acceptors (Lipinski definition) is 2. The summed E-state index contributed by atoms with van der Waals surface area (Å²) < 4.78 is 2.34. The number of nitrogens with one attached hydrogen (secondary N) is 1. The van der Waals surface area contributed by atoms with Crippen molar-refractivity contribution < 1.29 is 0 Å². The molecule has 1 aliphatic heterocycles. The van der Waals surface area contributed by atoms with E-state index in [0.29, 0.717) is 6.04 Å². The number of benzene rings is 2. The number of nitrogens with zero attached hydrogens (tertiary/aromatic N) is 2. The molecular weight excluding hydrogens is 342 g/mol. The van der Waals surface area contributed by atoms with Crippen molar-refractivity contribution in [2.75, 3.05) is 26.2 Å². The molecule has 3 aromatic rings. The fourth-order valence-electron chi connectivity index (χ4n) is 4.68. The van der Waals surface area contributed by atoms with Gasteiger partial charge in [0.25, 0.3) is 0 Å². The lowest BCUT2D eigenvalue weighted by molar-refractivity contribution is 0.198. The highest BCUT2D eigenvalue weighted by atomic mass is 15.2. The molecule has 0 spiro atoms. The maximum absolute atomic E-state index is 3.50. The predicted molar refractivity (Wildman–Crippen MR) is 116 cm³/mol. The van der Waals surface area contributed by atoms with Crippen LogP contribution in [0.4, 0.5) is 0 Å². The molecule has 0 saturated carbocycles. The molecule has 2 aromatic carbocycles. The van der Waals surface area contributed by atoms with Gasteiger partial charge in [-0.2, -0.15) is 0 Å². The van der Waals surface area contributed by atoms with Gasteiger partial charge in [-0.1, -0.05) is 48.5 Å². The summed E-state index contributed by atoms with van der Waals surface area (Å²) in [5.74, 6) is 0. The van der Waals surface area contributed by atoms with E-state index in [0.717, 1.165) is 32.7 Å². The molecule has 1 aromatic heterocycles. The van der Waals surface area contributed by atoms with Gasteiger partial charge >= 0.3 is 0 Å². The Balaban J connectivity index is 1.67.